The minimum absolute atomic E-state index is 0.0847. The van der Waals surface area contributed by atoms with Crippen LogP contribution < -0.4 is 0 Å². The Labute approximate surface area is 162 Å². The number of halogens is 1. The number of hydrogen-bond donors (Lipinski definition) is 1. The van der Waals surface area contributed by atoms with Crippen LogP contribution >= 0.6 is 11.6 Å². The Morgan fingerprint density at radius 1 is 1.19 bits per heavy atom. The van der Waals surface area contributed by atoms with Crippen molar-refractivity contribution >= 4 is 28.6 Å². The van der Waals surface area contributed by atoms with E-state index < -0.39 is 0 Å². The number of phenols is 1. The quantitative estimate of drug-likeness (QED) is 0.679. The Balaban J connectivity index is 2.15. The Bertz CT molecular complexity index is 1010. The van der Waals surface area contributed by atoms with Gasteiger partial charge in [-0.15, -0.1) is 15.0 Å². The standard InChI is InChI=1S/C20H22ClN3O3/c1-5-27-18(25)10-12-8-14(20(2,3)4)19(26)17(9-12)24-22-15-7-6-13(21)11-16(15)23-24/h6-9,11,26H,5,10H2,1-4H3. The van der Waals surface area contributed by atoms with Crippen molar-refractivity contribution in [2.75, 3.05) is 6.61 Å². The molecule has 1 N–H and O–H groups in total. The Hall–Kier alpha value is -2.60. The van der Waals surface area contributed by atoms with E-state index in [9.17, 15) is 9.90 Å². The molecule has 0 fully saturated rings. The molecule has 2 aromatic carbocycles. The molecule has 0 spiro atoms. The third kappa shape index (κ3) is 4.06. The average Bonchev–Trinajstić information content (AvgIpc) is 2.98. The van der Waals surface area contributed by atoms with Crippen molar-refractivity contribution in [3.63, 3.8) is 0 Å². The number of aromatic nitrogens is 3. The largest absolute Gasteiger partial charge is 0.505 e. The monoisotopic (exact) mass is 387 g/mol. The number of esters is 1. The van der Waals surface area contributed by atoms with E-state index in [4.69, 9.17) is 16.3 Å². The topological polar surface area (TPSA) is 77.2 Å². The summed E-state index contributed by atoms with van der Waals surface area (Å²) in [7, 11) is 0. The first kappa shape index (κ1) is 19.2. The highest BCUT2D eigenvalue weighted by atomic mass is 35.5. The predicted octanol–water partition coefficient (Wildman–Crippen LogP) is 4.18. The van der Waals surface area contributed by atoms with Crippen molar-refractivity contribution in [2.24, 2.45) is 0 Å². The molecule has 1 heterocycles. The van der Waals surface area contributed by atoms with E-state index in [0.29, 0.717) is 33.9 Å². The molecule has 0 aliphatic heterocycles. The molecule has 6 nitrogen and oxygen atoms in total. The fraction of sp³-hybridized carbons (Fsp3) is 0.350. The molecule has 0 saturated heterocycles. The van der Waals surface area contributed by atoms with Gasteiger partial charge in [-0.3, -0.25) is 4.79 Å². The number of ether oxygens (including phenoxy) is 1. The maximum absolute atomic E-state index is 11.9. The lowest BCUT2D eigenvalue weighted by Crippen LogP contribution is -2.15. The van der Waals surface area contributed by atoms with Crippen LogP contribution in [0.5, 0.6) is 5.75 Å². The number of fused-ring (bicyclic) bond motifs is 1. The van der Waals surface area contributed by atoms with Crippen LogP contribution in [-0.4, -0.2) is 32.7 Å². The molecule has 0 atom stereocenters. The molecule has 3 aromatic rings. The molecule has 27 heavy (non-hydrogen) atoms. The van der Waals surface area contributed by atoms with Crippen LogP contribution in [-0.2, 0) is 21.4 Å². The summed E-state index contributed by atoms with van der Waals surface area (Å²) in [4.78, 5) is 13.3. The number of nitrogens with zero attached hydrogens (tertiary/aromatic N) is 3. The van der Waals surface area contributed by atoms with E-state index in [1.807, 2.05) is 26.8 Å². The molecule has 1 aromatic heterocycles. The van der Waals surface area contributed by atoms with Gasteiger partial charge in [0, 0.05) is 10.6 Å². The van der Waals surface area contributed by atoms with E-state index in [1.165, 1.54) is 4.80 Å². The molecule has 7 heteroatoms. The van der Waals surface area contributed by atoms with Gasteiger partial charge in [-0.05, 0) is 42.2 Å². The molecule has 0 radical (unpaired) electrons. The first-order valence-electron chi connectivity index (χ1n) is 8.74. The van der Waals surface area contributed by atoms with Crippen molar-refractivity contribution < 1.29 is 14.6 Å². The van der Waals surface area contributed by atoms with Crippen LogP contribution in [0.25, 0.3) is 16.7 Å². The lowest BCUT2D eigenvalue weighted by molar-refractivity contribution is -0.142. The molecule has 0 aliphatic carbocycles. The normalized spacial score (nSPS) is 11.7. The summed E-state index contributed by atoms with van der Waals surface area (Å²) in [6.45, 7) is 8.07. The third-order valence-corrected chi connectivity index (χ3v) is 4.40. The first-order valence-corrected chi connectivity index (χ1v) is 9.12. The predicted molar refractivity (Wildman–Crippen MR) is 105 cm³/mol. The van der Waals surface area contributed by atoms with Gasteiger partial charge in [-0.1, -0.05) is 38.4 Å². The number of phenolic OH excluding ortho intramolecular Hbond substituents is 1. The summed E-state index contributed by atoms with van der Waals surface area (Å²) in [6.07, 6.45) is 0.108. The van der Waals surface area contributed by atoms with Gasteiger partial charge < -0.3 is 9.84 Å². The van der Waals surface area contributed by atoms with Gasteiger partial charge in [0.1, 0.15) is 22.5 Å². The molecular formula is C20H22ClN3O3. The fourth-order valence-corrected chi connectivity index (χ4v) is 3.04. The Morgan fingerprint density at radius 3 is 2.56 bits per heavy atom. The van der Waals surface area contributed by atoms with Gasteiger partial charge in [-0.25, -0.2) is 0 Å². The number of rotatable bonds is 4. The SMILES string of the molecule is CCOC(=O)Cc1cc(-n2nc3ccc(Cl)cc3n2)c(O)c(C(C)(C)C)c1. The van der Waals surface area contributed by atoms with Crippen LogP contribution in [0, 0.1) is 0 Å². The molecule has 0 saturated carbocycles. The van der Waals surface area contributed by atoms with Gasteiger partial charge in [-0.2, -0.15) is 0 Å². The molecular weight excluding hydrogens is 366 g/mol. The lowest BCUT2D eigenvalue weighted by Gasteiger charge is -2.23. The van der Waals surface area contributed by atoms with Gasteiger partial charge in [0.2, 0.25) is 0 Å². The van der Waals surface area contributed by atoms with Crippen molar-refractivity contribution in [1.29, 1.82) is 0 Å². The zero-order chi connectivity index (χ0) is 19.8. The summed E-state index contributed by atoms with van der Waals surface area (Å²) in [5.41, 5.74) is 2.79. The summed E-state index contributed by atoms with van der Waals surface area (Å²) in [5, 5.41) is 20.3. The number of aromatic hydroxyl groups is 1. The van der Waals surface area contributed by atoms with Crippen LogP contribution in [0.3, 0.4) is 0 Å². The summed E-state index contributed by atoms with van der Waals surface area (Å²) < 4.78 is 5.05. The number of carbonyl (C=O) groups is 1. The smallest absolute Gasteiger partial charge is 0.310 e. The maximum Gasteiger partial charge on any atom is 0.310 e. The maximum atomic E-state index is 11.9. The highest BCUT2D eigenvalue weighted by Crippen LogP contribution is 2.36. The van der Waals surface area contributed by atoms with E-state index in [1.54, 1.807) is 31.2 Å². The Kier molecular flexibility index (Phi) is 5.11. The van der Waals surface area contributed by atoms with Crippen molar-refractivity contribution in [1.82, 2.24) is 15.0 Å². The zero-order valence-electron chi connectivity index (χ0n) is 15.8. The second-order valence-corrected chi connectivity index (χ2v) is 7.80. The molecule has 0 unspecified atom stereocenters. The lowest BCUT2D eigenvalue weighted by atomic mass is 9.84. The Morgan fingerprint density at radius 2 is 1.89 bits per heavy atom. The second-order valence-electron chi connectivity index (χ2n) is 7.37. The summed E-state index contributed by atoms with van der Waals surface area (Å²) >= 11 is 6.02. The molecule has 0 amide bonds. The molecule has 142 valence electrons. The summed E-state index contributed by atoms with van der Waals surface area (Å²) in [5.74, 6) is -0.235. The van der Waals surface area contributed by atoms with Crippen LogP contribution in [0.4, 0.5) is 0 Å². The minimum atomic E-state index is -0.334. The number of hydrogen-bond acceptors (Lipinski definition) is 5. The number of carbonyl (C=O) groups excluding carboxylic acids is 1. The highest BCUT2D eigenvalue weighted by Gasteiger charge is 2.24. The van der Waals surface area contributed by atoms with Crippen LogP contribution in [0.2, 0.25) is 5.02 Å². The van der Waals surface area contributed by atoms with E-state index in [2.05, 4.69) is 10.2 Å². The van der Waals surface area contributed by atoms with Gasteiger partial charge in [0.15, 0.2) is 0 Å². The van der Waals surface area contributed by atoms with Crippen molar-refractivity contribution in [3.05, 3.63) is 46.5 Å². The molecule has 0 bridgehead atoms. The van der Waals surface area contributed by atoms with E-state index in [0.717, 1.165) is 5.56 Å². The minimum Gasteiger partial charge on any atom is -0.505 e. The molecule has 0 aliphatic rings. The molecule has 3 rings (SSSR count). The number of benzene rings is 2. The van der Waals surface area contributed by atoms with Crippen molar-refractivity contribution in [2.45, 2.75) is 39.5 Å². The van der Waals surface area contributed by atoms with E-state index in [-0.39, 0.29) is 23.6 Å². The average molecular weight is 388 g/mol. The third-order valence-electron chi connectivity index (χ3n) is 4.17. The van der Waals surface area contributed by atoms with Crippen molar-refractivity contribution in [3.8, 4) is 11.4 Å². The van der Waals surface area contributed by atoms with Crippen LogP contribution in [0.1, 0.15) is 38.8 Å². The highest BCUT2D eigenvalue weighted by molar-refractivity contribution is 6.31. The van der Waals surface area contributed by atoms with Gasteiger partial charge in [0.05, 0.1) is 13.0 Å². The fourth-order valence-electron chi connectivity index (χ4n) is 2.88. The second kappa shape index (κ2) is 7.19. The summed E-state index contributed by atoms with van der Waals surface area (Å²) in [6, 6.07) is 8.76. The zero-order valence-corrected chi connectivity index (χ0v) is 16.5. The van der Waals surface area contributed by atoms with Gasteiger partial charge in [0.25, 0.3) is 0 Å². The van der Waals surface area contributed by atoms with Crippen LogP contribution in [0.15, 0.2) is 30.3 Å². The first-order chi connectivity index (χ1) is 12.7. The van der Waals surface area contributed by atoms with E-state index >= 15 is 0 Å². The van der Waals surface area contributed by atoms with Gasteiger partial charge >= 0.3 is 5.97 Å².